The number of rotatable bonds is 4. The molecule has 1 amide bonds. The highest BCUT2D eigenvalue weighted by Crippen LogP contribution is 2.16. The zero-order valence-corrected chi connectivity index (χ0v) is 10.4. The van der Waals surface area contributed by atoms with Gasteiger partial charge in [0, 0.05) is 12.1 Å². The molecule has 0 bridgehead atoms. The van der Waals surface area contributed by atoms with E-state index in [1.54, 1.807) is 10.9 Å². The van der Waals surface area contributed by atoms with E-state index in [4.69, 9.17) is 5.73 Å². The van der Waals surface area contributed by atoms with Gasteiger partial charge < -0.3 is 11.1 Å². The van der Waals surface area contributed by atoms with E-state index in [-0.39, 0.29) is 5.91 Å². The summed E-state index contributed by atoms with van der Waals surface area (Å²) >= 11 is 0. The Hall–Kier alpha value is -2.31. The summed E-state index contributed by atoms with van der Waals surface area (Å²) in [6.45, 7) is 4.48. The predicted molar refractivity (Wildman–Crippen MR) is 68.2 cm³/mol. The van der Waals surface area contributed by atoms with Crippen molar-refractivity contribution in [2.75, 3.05) is 11.1 Å². The first-order valence-electron chi connectivity index (χ1n) is 5.82. The number of hydrogen-bond donors (Lipinski definition) is 3. The van der Waals surface area contributed by atoms with Crippen molar-refractivity contribution in [1.29, 1.82) is 0 Å². The maximum absolute atomic E-state index is 12.1. The molecular formula is C11H16N6O. The molecule has 7 heteroatoms. The summed E-state index contributed by atoms with van der Waals surface area (Å²) in [5.41, 5.74) is 7.43. The first-order chi connectivity index (χ1) is 8.67. The van der Waals surface area contributed by atoms with Crippen LogP contribution in [0, 0.1) is 0 Å². The van der Waals surface area contributed by atoms with E-state index < -0.39 is 0 Å². The van der Waals surface area contributed by atoms with Crippen molar-refractivity contribution in [1.82, 2.24) is 20.0 Å². The average molecular weight is 248 g/mol. The van der Waals surface area contributed by atoms with Gasteiger partial charge in [-0.05, 0) is 13.3 Å². The van der Waals surface area contributed by atoms with Gasteiger partial charge in [0.15, 0.2) is 0 Å². The topological polar surface area (TPSA) is 102 Å². The molecule has 0 aliphatic rings. The fourth-order valence-electron chi connectivity index (χ4n) is 1.75. The number of aryl methyl sites for hydroxylation is 2. The Labute approximate surface area is 104 Å². The van der Waals surface area contributed by atoms with E-state index in [9.17, 15) is 4.79 Å². The second-order valence-electron chi connectivity index (χ2n) is 3.84. The number of amides is 1. The maximum atomic E-state index is 12.1. The normalized spacial score (nSPS) is 10.6. The number of H-pyrrole nitrogens is 1. The van der Waals surface area contributed by atoms with Gasteiger partial charge in [0.25, 0.3) is 5.91 Å². The van der Waals surface area contributed by atoms with E-state index >= 15 is 0 Å². The zero-order valence-electron chi connectivity index (χ0n) is 10.4. The van der Waals surface area contributed by atoms with Gasteiger partial charge in [-0.3, -0.25) is 14.6 Å². The van der Waals surface area contributed by atoms with Gasteiger partial charge in [-0.1, -0.05) is 6.92 Å². The minimum absolute atomic E-state index is 0.286. The van der Waals surface area contributed by atoms with Crippen LogP contribution >= 0.6 is 0 Å². The minimum atomic E-state index is -0.286. The van der Waals surface area contributed by atoms with Gasteiger partial charge in [0.05, 0.1) is 18.1 Å². The van der Waals surface area contributed by atoms with E-state index in [0.29, 0.717) is 23.7 Å². The summed E-state index contributed by atoms with van der Waals surface area (Å²) in [7, 11) is 0. The number of anilines is 2. The van der Waals surface area contributed by atoms with Gasteiger partial charge in [0.1, 0.15) is 11.5 Å². The Bertz CT molecular complexity index is 556. The van der Waals surface area contributed by atoms with Crippen molar-refractivity contribution in [2.45, 2.75) is 26.8 Å². The Morgan fingerprint density at radius 1 is 1.50 bits per heavy atom. The average Bonchev–Trinajstić information content (AvgIpc) is 2.95. The number of aromatic nitrogens is 4. The van der Waals surface area contributed by atoms with Crippen LogP contribution in [0.2, 0.25) is 0 Å². The lowest BCUT2D eigenvalue weighted by Gasteiger charge is -2.07. The molecule has 0 atom stereocenters. The molecule has 2 aromatic rings. The highest BCUT2D eigenvalue weighted by atomic mass is 16.2. The van der Waals surface area contributed by atoms with Crippen molar-refractivity contribution in [3.05, 3.63) is 23.7 Å². The third kappa shape index (κ3) is 2.06. The van der Waals surface area contributed by atoms with E-state index in [1.165, 1.54) is 6.20 Å². The standard InChI is InChI=1S/C11H16N6O/c1-3-7-5-13-16-10(7)15-11(18)9-8(12)6-14-17(9)4-2/h5-6H,3-4,12H2,1-2H3,(H2,13,15,16,18). The quantitative estimate of drug-likeness (QED) is 0.751. The number of hydrogen-bond acceptors (Lipinski definition) is 4. The highest BCUT2D eigenvalue weighted by Gasteiger charge is 2.17. The van der Waals surface area contributed by atoms with Crippen molar-refractivity contribution >= 4 is 17.4 Å². The van der Waals surface area contributed by atoms with Crippen LogP contribution in [0.25, 0.3) is 0 Å². The summed E-state index contributed by atoms with van der Waals surface area (Å²) in [6.07, 6.45) is 3.96. The van der Waals surface area contributed by atoms with Crippen molar-refractivity contribution in [3.8, 4) is 0 Å². The Morgan fingerprint density at radius 2 is 2.28 bits per heavy atom. The van der Waals surface area contributed by atoms with Crippen LogP contribution in [0.5, 0.6) is 0 Å². The number of carbonyl (C=O) groups excluding carboxylic acids is 1. The molecule has 0 fully saturated rings. The lowest BCUT2D eigenvalue weighted by molar-refractivity contribution is 0.101. The Balaban J connectivity index is 2.24. The van der Waals surface area contributed by atoms with Gasteiger partial charge in [-0.25, -0.2) is 0 Å². The van der Waals surface area contributed by atoms with Gasteiger partial charge in [-0.15, -0.1) is 0 Å². The molecule has 4 N–H and O–H groups in total. The smallest absolute Gasteiger partial charge is 0.277 e. The zero-order chi connectivity index (χ0) is 13.1. The van der Waals surface area contributed by atoms with Gasteiger partial charge in [-0.2, -0.15) is 10.2 Å². The fourth-order valence-corrected chi connectivity index (χ4v) is 1.75. The van der Waals surface area contributed by atoms with Crippen molar-refractivity contribution in [3.63, 3.8) is 0 Å². The van der Waals surface area contributed by atoms with Crippen LogP contribution in [0.3, 0.4) is 0 Å². The highest BCUT2D eigenvalue weighted by molar-refractivity contribution is 6.06. The second-order valence-corrected chi connectivity index (χ2v) is 3.84. The summed E-state index contributed by atoms with van der Waals surface area (Å²) in [5.74, 6) is 0.316. The van der Waals surface area contributed by atoms with Gasteiger partial charge in [0.2, 0.25) is 0 Å². The van der Waals surface area contributed by atoms with Crippen LogP contribution in [0.4, 0.5) is 11.5 Å². The maximum Gasteiger partial charge on any atom is 0.277 e. The van der Waals surface area contributed by atoms with Crippen LogP contribution < -0.4 is 11.1 Å². The number of nitrogens with two attached hydrogens (primary N) is 1. The van der Waals surface area contributed by atoms with E-state index in [0.717, 1.165) is 12.0 Å². The lowest BCUT2D eigenvalue weighted by Crippen LogP contribution is -2.19. The summed E-state index contributed by atoms with van der Waals surface area (Å²) < 4.78 is 1.56. The predicted octanol–water partition coefficient (Wildman–Crippen LogP) is 1.02. The van der Waals surface area contributed by atoms with E-state index in [2.05, 4.69) is 20.6 Å². The molecule has 96 valence electrons. The number of nitrogen functional groups attached to an aromatic ring is 1. The SMILES string of the molecule is CCc1cn[nH]c1NC(=O)c1c(N)cnn1CC. The van der Waals surface area contributed by atoms with E-state index in [1.807, 2.05) is 13.8 Å². The number of nitrogens with zero attached hydrogens (tertiary/aromatic N) is 3. The largest absolute Gasteiger partial charge is 0.396 e. The number of carbonyl (C=O) groups is 1. The summed E-state index contributed by atoms with van der Waals surface area (Å²) in [4.78, 5) is 12.1. The third-order valence-electron chi connectivity index (χ3n) is 2.72. The fraction of sp³-hybridized carbons (Fsp3) is 0.364. The summed E-state index contributed by atoms with van der Waals surface area (Å²) in [6, 6.07) is 0. The lowest BCUT2D eigenvalue weighted by atomic mass is 10.2. The molecule has 2 aromatic heterocycles. The number of nitrogens with one attached hydrogen (secondary N) is 2. The second kappa shape index (κ2) is 4.91. The minimum Gasteiger partial charge on any atom is -0.396 e. The van der Waals surface area contributed by atoms with Crippen molar-refractivity contribution in [2.24, 2.45) is 0 Å². The first kappa shape index (κ1) is 12.2. The molecule has 2 rings (SSSR count). The molecule has 0 spiro atoms. The van der Waals surface area contributed by atoms with Crippen LogP contribution in [-0.4, -0.2) is 25.9 Å². The van der Waals surface area contributed by atoms with Crippen LogP contribution in [0.1, 0.15) is 29.9 Å². The summed E-state index contributed by atoms with van der Waals surface area (Å²) in [5, 5.41) is 13.4. The molecule has 0 radical (unpaired) electrons. The van der Waals surface area contributed by atoms with Crippen LogP contribution in [-0.2, 0) is 13.0 Å². The van der Waals surface area contributed by atoms with Gasteiger partial charge >= 0.3 is 0 Å². The monoisotopic (exact) mass is 248 g/mol. The molecular weight excluding hydrogens is 232 g/mol. The molecule has 18 heavy (non-hydrogen) atoms. The Kier molecular flexibility index (Phi) is 3.31. The van der Waals surface area contributed by atoms with Crippen molar-refractivity contribution < 1.29 is 4.79 Å². The number of aromatic amines is 1. The molecule has 0 saturated carbocycles. The molecule has 7 nitrogen and oxygen atoms in total. The molecule has 0 aromatic carbocycles. The molecule has 2 heterocycles. The van der Waals surface area contributed by atoms with Crippen LogP contribution in [0.15, 0.2) is 12.4 Å². The first-order valence-corrected chi connectivity index (χ1v) is 5.82. The molecule has 0 aliphatic heterocycles. The molecule has 0 saturated heterocycles. The molecule has 0 unspecified atom stereocenters. The molecule has 0 aliphatic carbocycles. The third-order valence-corrected chi connectivity index (χ3v) is 2.72. The Morgan fingerprint density at radius 3 is 2.94 bits per heavy atom.